The average Bonchev–Trinajstić information content (AvgIpc) is 2.37. The van der Waals surface area contributed by atoms with Crippen molar-refractivity contribution in [2.75, 3.05) is 0 Å². The van der Waals surface area contributed by atoms with E-state index in [9.17, 15) is 0 Å². The fourth-order valence-corrected chi connectivity index (χ4v) is 2.54. The Morgan fingerprint density at radius 2 is 1.67 bits per heavy atom. The lowest BCUT2D eigenvalue weighted by atomic mass is 10.0. The van der Waals surface area contributed by atoms with Crippen molar-refractivity contribution in [2.24, 2.45) is 5.73 Å². The van der Waals surface area contributed by atoms with Gasteiger partial charge in [0.15, 0.2) is 0 Å². The Morgan fingerprint density at radius 1 is 0.952 bits per heavy atom. The average molecular weight is 283 g/mol. The zero-order valence-corrected chi connectivity index (χ0v) is 13.7. The van der Waals surface area contributed by atoms with Crippen molar-refractivity contribution in [3.63, 3.8) is 0 Å². The third-order valence-electron chi connectivity index (χ3n) is 3.74. The van der Waals surface area contributed by atoms with Gasteiger partial charge >= 0.3 is 0 Å². The highest BCUT2D eigenvalue weighted by Gasteiger charge is 2.10. The van der Waals surface area contributed by atoms with Gasteiger partial charge in [0.25, 0.3) is 0 Å². The summed E-state index contributed by atoms with van der Waals surface area (Å²) in [5, 5.41) is 0. The van der Waals surface area contributed by atoms with Gasteiger partial charge in [0.05, 0.1) is 0 Å². The van der Waals surface area contributed by atoms with E-state index >= 15 is 0 Å². The molecule has 2 aromatic carbocycles. The zero-order valence-electron chi connectivity index (χ0n) is 13.7. The molecule has 0 radical (unpaired) electrons. The lowest BCUT2D eigenvalue weighted by Crippen LogP contribution is -2.18. The standard InChI is InChI=1S/C19H25NO/c1-12-6-7-18(17(9-12)11-15(4)20)21-19-10-13(2)8-14(3)16(19)5/h6-10,15H,11,20H2,1-5H3. The van der Waals surface area contributed by atoms with Crippen molar-refractivity contribution in [1.82, 2.24) is 0 Å². The van der Waals surface area contributed by atoms with Crippen molar-refractivity contribution in [2.45, 2.75) is 47.1 Å². The molecule has 2 nitrogen and oxygen atoms in total. The van der Waals surface area contributed by atoms with E-state index in [1.54, 1.807) is 0 Å². The van der Waals surface area contributed by atoms with Crippen LogP contribution in [-0.2, 0) is 6.42 Å². The van der Waals surface area contributed by atoms with Crippen LogP contribution >= 0.6 is 0 Å². The van der Waals surface area contributed by atoms with Crippen molar-refractivity contribution < 1.29 is 4.74 Å². The molecule has 0 saturated carbocycles. The Balaban J connectivity index is 2.40. The molecule has 0 aliphatic carbocycles. The largest absolute Gasteiger partial charge is 0.457 e. The van der Waals surface area contributed by atoms with Gasteiger partial charge in [-0.3, -0.25) is 0 Å². The summed E-state index contributed by atoms with van der Waals surface area (Å²) in [4.78, 5) is 0. The second-order valence-electron chi connectivity index (χ2n) is 6.10. The maximum Gasteiger partial charge on any atom is 0.130 e. The number of hydrogen-bond donors (Lipinski definition) is 1. The molecule has 1 unspecified atom stereocenters. The smallest absolute Gasteiger partial charge is 0.130 e. The van der Waals surface area contributed by atoms with Crippen LogP contribution in [0.5, 0.6) is 11.5 Å². The van der Waals surface area contributed by atoms with Gasteiger partial charge in [-0.2, -0.15) is 0 Å². The maximum absolute atomic E-state index is 6.20. The first-order chi connectivity index (χ1) is 9.86. The minimum atomic E-state index is 0.120. The van der Waals surface area contributed by atoms with E-state index in [2.05, 4.69) is 52.0 Å². The molecular formula is C19H25NO. The molecule has 1 atom stereocenters. The summed E-state index contributed by atoms with van der Waals surface area (Å²) < 4.78 is 6.20. The molecule has 0 aromatic heterocycles. The SMILES string of the molecule is Cc1ccc(Oc2cc(C)cc(C)c2C)c(CC(C)N)c1. The van der Waals surface area contributed by atoms with Crippen LogP contribution in [0, 0.1) is 27.7 Å². The molecule has 0 aliphatic rings. The van der Waals surface area contributed by atoms with Gasteiger partial charge in [0, 0.05) is 6.04 Å². The highest BCUT2D eigenvalue weighted by atomic mass is 16.5. The van der Waals surface area contributed by atoms with E-state index in [0.717, 1.165) is 17.9 Å². The van der Waals surface area contributed by atoms with E-state index in [-0.39, 0.29) is 6.04 Å². The van der Waals surface area contributed by atoms with E-state index in [4.69, 9.17) is 10.5 Å². The zero-order chi connectivity index (χ0) is 15.6. The van der Waals surface area contributed by atoms with Crippen LogP contribution in [-0.4, -0.2) is 6.04 Å². The van der Waals surface area contributed by atoms with E-state index in [0.29, 0.717) is 0 Å². The Morgan fingerprint density at radius 3 is 2.33 bits per heavy atom. The predicted octanol–water partition coefficient (Wildman–Crippen LogP) is 4.60. The molecule has 2 rings (SSSR count). The lowest BCUT2D eigenvalue weighted by Gasteiger charge is -2.16. The topological polar surface area (TPSA) is 35.2 Å². The minimum absolute atomic E-state index is 0.120. The first-order valence-electron chi connectivity index (χ1n) is 7.47. The summed E-state index contributed by atoms with van der Waals surface area (Å²) in [5.41, 5.74) is 12.0. The van der Waals surface area contributed by atoms with Crippen molar-refractivity contribution in [3.8, 4) is 11.5 Å². The third kappa shape index (κ3) is 3.85. The number of benzene rings is 2. The molecule has 112 valence electrons. The van der Waals surface area contributed by atoms with Crippen molar-refractivity contribution in [3.05, 3.63) is 58.1 Å². The fourth-order valence-electron chi connectivity index (χ4n) is 2.54. The van der Waals surface area contributed by atoms with Gasteiger partial charge in [-0.15, -0.1) is 0 Å². The summed E-state index contributed by atoms with van der Waals surface area (Å²) >= 11 is 0. The van der Waals surface area contributed by atoms with E-state index in [1.807, 2.05) is 13.0 Å². The van der Waals surface area contributed by atoms with Crippen LogP contribution in [0.25, 0.3) is 0 Å². The van der Waals surface area contributed by atoms with Crippen LogP contribution in [0.15, 0.2) is 30.3 Å². The molecular weight excluding hydrogens is 258 g/mol. The second-order valence-corrected chi connectivity index (χ2v) is 6.10. The maximum atomic E-state index is 6.20. The Labute approximate surface area is 127 Å². The summed E-state index contributed by atoms with van der Waals surface area (Å²) in [7, 11) is 0. The fraction of sp³-hybridized carbons (Fsp3) is 0.368. The predicted molar refractivity (Wildman–Crippen MR) is 89.3 cm³/mol. The van der Waals surface area contributed by atoms with Crippen LogP contribution in [0.1, 0.15) is 34.7 Å². The lowest BCUT2D eigenvalue weighted by molar-refractivity contribution is 0.469. The second kappa shape index (κ2) is 6.31. The quantitative estimate of drug-likeness (QED) is 0.889. The molecule has 2 N–H and O–H groups in total. The van der Waals surface area contributed by atoms with E-state index in [1.165, 1.54) is 27.8 Å². The Hall–Kier alpha value is -1.80. The van der Waals surface area contributed by atoms with Crippen LogP contribution < -0.4 is 10.5 Å². The summed E-state index contributed by atoms with van der Waals surface area (Å²) in [6.07, 6.45) is 0.820. The number of nitrogens with two attached hydrogens (primary N) is 1. The number of ether oxygens (including phenoxy) is 1. The van der Waals surface area contributed by atoms with Crippen molar-refractivity contribution in [1.29, 1.82) is 0 Å². The van der Waals surface area contributed by atoms with Gasteiger partial charge in [-0.25, -0.2) is 0 Å². The number of aryl methyl sites for hydroxylation is 3. The molecule has 2 heteroatoms. The molecule has 0 fully saturated rings. The molecule has 0 spiro atoms. The number of hydrogen-bond acceptors (Lipinski definition) is 2. The van der Waals surface area contributed by atoms with E-state index < -0.39 is 0 Å². The van der Waals surface area contributed by atoms with Gasteiger partial charge < -0.3 is 10.5 Å². The van der Waals surface area contributed by atoms with Gasteiger partial charge in [-0.1, -0.05) is 23.8 Å². The highest BCUT2D eigenvalue weighted by Crippen LogP contribution is 2.31. The summed E-state index contributed by atoms with van der Waals surface area (Å²) in [5.74, 6) is 1.84. The molecule has 0 heterocycles. The van der Waals surface area contributed by atoms with Crippen LogP contribution in [0.4, 0.5) is 0 Å². The first-order valence-corrected chi connectivity index (χ1v) is 7.47. The highest BCUT2D eigenvalue weighted by molar-refractivity contribution is 5.46. The first kappa shape index (κ1) is 15.6. The van der Waals surface area contributed by atoms with Gasteiger partial charge in [0.1, 0.15) is 11.5 Å². The Kier molecular flexibility index (Phi) is 4.69. The third-order valence-corrected chi connectivity index (χ3v) is 3.74. The van der Waals surface area contributed by atoms with Crippen LogP contribution in [0.3, 0.4) is 0 Å². The van der Waals surface area contributed by atoms with Crippen LogP contribution in [0.2, 0.25) is 0 Å². The molecule has 0 amide bonds. The molecule has 0 saturated heterocycles. The van der Waals surface area contributed by atoms with Gasteiger partial charge in [0.2, 0.25) is 0 Å². The number of rotatable bonds is 4. The molecule has 21 heavy (non-hydrogen) atoms. The Bertz CT molecular complexity index is 644. The monoisotopic (exact) mass is 283 g/mol. The normalized spacial score (nSPS) is 12.3. The molecule has 0 aliphatic heterocycles. The molecule has 0 bridgehead atoms. The summed E-state index contributed by atoms with van der Waals surface area (Å²) in [6.45, 7) is 10.4. The van der Waals surface area contributed by atoms with Crippen molar-refractivity contribution >= 4 is 0 Å². The molecule has 2 aromatic rings. The van der Waals surface area contributed by atoms with Gasteiger partial charge in [-0.05, 0) is 75.4 Å². The minimum Gasteiger partial charge on any atom is -0.457 e. The summed E-state index contributed by atoms with van der Waals surface area (Å²) in [6, 6.07) is 10.7.